The Morgan fingerprint density at radius 2 is 1.90 bits per heavy atom. The average molecular weight is 436 g/mol. The molecule has 0 aromatic heterocycles. The van der Waals surface area contributed by atoms with E-state index in [1.807, 2.05) is 21.3 Å². The van der Waals surface area contributed by atoms with Crippen molar-refractivity contribution in [1.29, 1.82) is 0 Å². The molecule has 5 saturated carbocycles. The van der Waals surface area contributed by atoms with Gasteiger partial charge in [-0.25, -0.2) is 0 Å². The van der Waals surface area contributed by atoms with Crippen LogP contribution in [0.4, 0.5) is 0 Å². The Hall–Kier alpha value is -0.280. The number of aliphatic hydroxyl groups excluding tert-OH is 1. The molecule has 7 fully saturated rings. The number of fused-ring (bicyclic) bond motifs is 1. The molecule has 2 heterocycles. The lowest BCUT2D eigenvalue weighted by Gasteiger charge is -2.68. The van der Waals surface area contributed by atoms with Crippen LogP contribution in [0.3, 0.4) is 0 Å². The van der Waals surface area contributed by atoms with Gasteiger partial charge in [-0.1, -0.05) is 6.92 Å². The molecule has 0 aromatic carbocycles. The van der Waals surface area contributed by atoms with Gasteiger partial charge in [0.25, 0.3) is 0 Å². The Morgan fingerprint density at radius 3 is 2.61 bits per heavy atom. The first kappa shape index (κ1) is 20.1. The monoisotopic (exact) mass is 435 g/mol. The van der Waals surface area contributed by atoms with E-state index < -0.39 is 17.3 Å². The minimum Gasteiger partial charge on any atom is -0.390 e. The zero-order valence-corrected chi connectivity index (χ0v) is 19.2. The summed E-state index contributed by atoms with van der Waals surface area (Å²) in [5.41, 5.74) is -1.44. The highest BCUT2D eigenvalue weighted by molar-refractivity contribution is 5.41. The van der Waals surface area contributed by atoms with Crippen molar-refractivity contribution in [3.63, 3.8) is 0 Å². The van der Waals surface area contributed by atoms with Crippen LogP contribution < -0.4 is 0 Å². The highest BCUT2D eigenvalue weighted by Gasteiger charge is 2.92. The molecule has 0 amide bonds. The molecule has 3 spiro atoms. The van der Waals surface area contributed by atoms with Gasteiger partial charge in [-0.15, -0.1) is 0 Å². The van der Waals surface area contributed by atoms with E-state index in [0.29, 0.717) is 17.8 Å². The lowest BCUT2D eigenvalue weighted by Crippen LogP contribution is -2.80. The van der Waals surface area contributed by atoms with Crippen molar-refractivity contribution in [2.75, 3.05) is 41.2 Å². The Balaban J connectivity index is 1.54. The van der Waals surface area contributed by atoms with Crippen molar-refractivity contribution in [3.8, 4) is 0 Å². The van der Waals surface area contributed by atoms with Crippen LogP contribution in [0, 0.1) is 35.0 Å². The molecule has 7 heteroatoms. The van der Waals surface area contributed by atoms with Crippen LogP contribution in [-0.2, 0) is 23.7 Å². The SMILES string of the molecule is CCN1C[C@H]2CC[C@H](OC)[C@@]34[C@H]2[C@H](O)[C@]2(OCO[C@]25C[C@H](OC)[C@@H]2C[C@H]3[C@H]5[C@H]2OC)[C@H]14. The van der Waals surface area contributed by atoms with Gasteiger partial charge in [-0.2, -0.15) is 0 Å². The van der Waals surface area contributed by atoms with E-state index in [2.05, 4.69) is 11.8 Å². The second kappa shape index (κ2) is 6.23. The Labute approximate surface area is 184 Å². The van der Waals surface area contributed by atoms with Crippen molar-refractivity contribution in [2.24, 2.45) is 35.0 Å². The molecule has 7 rings (SSSR count). The molecule has 0 aromatic rings. The van der Waals surface area contributed by atoms with Gasteiger partial charge >= 0.3 is 0 Å². The summed E-state index contributed by atoms with van der Waals surface area (Å²) in [5.74, 6) is 1.63. The van der Waals surface area contributed by atoms with E-state index in [9.17, 15) is 5.11 Å². The number of aliphatic hydroxyl groups is 1. The average Bonchev–Trinajstić information content (AvgIpc) is 3.35. The summed E-state index contributed by atoms with van der Waals surface area (Å²) >= 11 is 0. The first-order chi connectivity index (χ1) is 15.1. The van der Waals surface area contributed by atoms with Crippen LogP contribution >= 0.6 is 0 Å². The van der Waals surface area contributed by atoms with E-state index in [4.69, 9.17) is 23.7 Å². The summed E-state index contributed by atoms with van der Waals surface area (Å²) in [5, 5.41) is 12.3. The number of methoxy groups -OCH3 is 3. The van der Waals surface area contributed by atoms with E-state index in [1.54, 1.807) is 0 Å². The molecule has 31 heavy (non-hydrogen) atoms. The van der Waals surface area contributed by atoms with Crippen molar-refractivity contribution < 1.29 is 28.8 Å². The number of rotatable bonds is 4. The van der Waals surface area contributed by atoms with Gasteiger partial charge in [0.1, 0.15) is 18.0 Å². The minimum atomic E-state index is -0.742. The number of likely N-dealkylation sites (N-methyl/N-ethyl adjacent to an activating group) is 1. The Bertz CT molecular complexity index is 781. The van der Waals surface area contributed by atoms with E-state index in [0.717, 1.165) is 38.8 Å². The standard InChI is InChI=1S/C24H37NO6/c1-5-25-10-12-6-7-16(28-3)23-14-8-13-15(27-2)9-22(18(14)19(13)29-4)24(21(23)25,31-11-30-22)20(26)17(12)23/h12-21,26H,5-11H2,1-4H3/t12-,13+,14+,15+,16+,17-,18+,19+,20+,21-,22+,23-,24+/m1/s1. The predicted molar refractivity (Wildman–Crippen MR) is 110 cm³/mol. The topological polar surface area (TPSA) is 69.6 Å². The number of piperidine rings is 1. The van der Waals surface area contributed by atoms with Crippen molar-refractivity contribution in [3.05, 3.63) is 0 Å². The van der Waals surface area contributed by atoms with Gasteiger partial charge in [0.05, 0.1) is 30.5 Å². The molecule has 0 radical (unpaired) electrons. The maximum Gasteiger partial charge on any atom is 0.148 e. The smallest absolute Gasteiger partial charge is 0.148 e. The summed E-state index contributed by atoms with van der Waals surface area (Å²) < 4.78 is 32.1. The van der Waals surface area contributed by atoms with Crippen LogP contribution in [-0.4, -0.2) is 92.9 Å². The quantitative estimate of drug-likeness (QED) is 0.713. The highest BCUT2D eigenvalue weighted by Crippen LogP contribution is 2.80. The highest BCUT2D eigenvalue weighted by atomic mass is 16.7. The number of hydrogen-bond acceptors (Lipinski definition) is 7. The molecular weight excluding hydrogens is 398 g/mol. The first-order valence-corrected chi connectivity index (χ1v) is 12.3. The molecule has 7 nitrogen and oxygen atoms in total. The van der Waals surface area contributed by atoms with Crippen LogP contribution in [0.25, 0.3) is 0 Å². The molecule has 2 aliphatic heterocycles. The molecule has 0 unspecified atom stereocenters. The van der Waals surface area contributed by atoms with Crippen molar-refractivity contribution in [1.82, 2.24) is 4.90 Å². The number of hydrogen-bond donors (Lipinski definition) is 1. The fourth-order valence-corrected chi connectivity index (χ4v) is 11.0. The maximum absolute atomic E-state index is 12.3. The summed E-state index contributed by atoms with van der Waals surface area (Å²) in [7, 11) is 5.54. The molecule has 7 bridgehead atoms. The molecule has 2 saturated heterocycles. The number of likely N-dealkylation sites (tertiary alicyclic amines) is 1. The molecule has 174 valence electrons. The van der Waals surface area contributed by atoms with Gasteiger partial charge in [0.2, 0.25) is 0 Å². The largest absolute Gasteiger partial charge is 0.390 e. The van der Waals surface area contributed by atoms with Gasteiger partial charge in [0, 0.05) is 57.5 Å². The molecule has 1 N–H and O–H groups in total. The first-order valence-electron chi connectivity index (χ1n) is 12.3. The second-order valence-corrected chi connectivity index (χ2v) is 11.3. The third kappa shape index (κ3) is 1.80. The fraction of sp³-hybridized carbons (Fsp3) is 1.00. The maximum atomic E-state index is 12.3. The summed E-state index contributed by atoms with van der Waals surface area (Å²) in [6.45, 7) is 4.51. The fourth-order valence-electron chi connectivity index (χ4n) is 11.0. The molecule has 5 aliphatic carbocycles. The Morgan fingerprint density at radius 1 is 1.06 bits per heavy atom. The van der Waals surface area contributed by atoms with E-state index in [-0.39, 0.29) is 48.4 Å². The summed E-state index contributed by atoms with van der Waals surface area (Å²) in [6.07, 6.45) is 3.75. The van der Waals surface area contributed by atoms with Crippen LogP contribution in [0.15, 0.2) is 0 Å². The Kier molecular flexibility index (Phi) is 4.05. The third-order valence-corrected chi connectivity index (χ3v) is 11.4. The minimum absolute atomic E-state index is 0.0584. The van der Waals surface area contributed by atoms with Crippen LogP contribution in [0.5, 0.6) is 0 Å². The molecule has 13 atom stereocenters. The van der Waals surface area contributed by atoms with Crippen LogP contribution in [0.1, 0.15) is 32.6 Å². The molecular formula is C24H37NO6. The number of ether oxygens (including phenoxy) is 5. The zero-order chi connectivity index (χ0) is 21.3. The zero-order valence-electron chi connectivity index (χ0n) is 19.2. The van der Waals surface area contributed by atoms with E-state index >= 15 is 0 Å². The van der Waals surface area contributed by atoms with E-state index in [1.165, 1.54) is 0 Å². The summed E-state index contributed by atoms with van der Waals surface area (Å²) in [4.78, 5) is 2.63. The van der Waals surface area contributed by atoms with Crippen molar-refractivity contribution in [2.45, 2.75) is 74.3 Å². The predicted octanol–water partition coefficient (Wildman–Crippen LogP) is 1.27. The van der Waals surface area contributed by atoms with Gasteiger partial charge in [-0.3, -0.25) is 4.90 Å². The lowest BCUT2D eigenvalue weighted by molar-refractivity contribution is -0.275. The molecule has 7 aliphatic rings. The van der Waals surface area contributed by atoms with Crippen LogP contribution in [0.2, 0.25) is 0 Å². The van der Waals surface area contributed by atoms with Gasteiger partial charge < -0.3 is 28.8 Å². The lowest BCUT2D eigenvalue weighted by atomic mass is 9.45. The normalized spacial score (nSPS) is 63.4. The number of nitrogens with zero attached hydrogens (tertiary/aromatic N) is 1. The van der Waals surface area contributed by atoms with Gasteiger partial charge in [0.15, 0.2) is 0 Å². The third-order valence-electron chi connectivity index (χ3n) is 11.4. The summed E-state index contributed by atoms with van der Waals surface area (Å²) in [6, 6.07) is 0.113. The second-order valence-electron chi connectivity index (χ2n) is 11.3. The van der Waals surface area contributed by atoms with Crippen molar-refractivity contribution >= 4 is 0 Å². The van der Waals surface area contributed by atoms with Gasteiger partial charge in [-0.05, 0) is 37.6 Å².